The van der Waals surface area contributed by atoms with Crippen LogP contribution in [-0.4, -0.2) is 48.0 Å². The van der Waals surface area contributed by atoms with Crippen LogP contribution in [0.3, 0.4) is 0 Å². The van der Waals surface area contributed by atoms with E-state index in [1.165, 1.54) is 0 Å². The fourth-order valence-electron chi connectivity index (χ4n) is 2.37. The molecule has 7 heteroatoms. The fraction of sp³-hybridized carbons (Fsp3) is 0.429. The molecule has 1 aromatic heterocycles. The minimum atomic E-state index is 0.138. The van der Waals surface area contributed by atoms with Gasteiger partial charge in [-0.1, -0.05) is 16.8 Å². The van der Waals surface area contributed by atoms with E-state index in [0.29, 0.717) is 16.7 Å². The number of benzene rings is 1. The van der Waals surface area contributed by atoms with Gasteiger partial charge in [-0.2, -0.15) is 4.98 Å². The number of piperazine rings is 1. The molecule has 0 saturated carbocycles. The standard InChI is InChI=1S/C14H17ClN4OS/c1-19-6-5-16-8-12(19)13-17-14(20-18-13)10-7-9(21-2)3-4-11(10)15/h3-4,7,12,16H,5-6,8H2,1-2H3. The van der Waals surface area contributed by atoms with Crippen molar-refractivity contribution in [2.24, 2.45) is 0 Å². The molecule has 0 aliphatic carbocycles. The average Bonchev–Trinajstić information content (AvgIpc) is 2.97. The van der Waals surface area contributed by atoms with E-state index in [2.05, 4.69) is 27.4 Å². The first-order chi connectivity index (χ1) is 10.2. The predicted octanol–water partition coefficient (Wildman–Crippen LogP) is 2.69. The van der Waals surface area contributed by atoms with Crippen molar-refractivity contribution in [2.75, 3.05) is 32.9 Å². The number of likely N-dealkylation sites (N-methyl/N-ethyl adjacent to an activating group) is 1. The van der Waals surface area contributed by atoms with Gasteiger partial charge < -0.3 is 9.84 Å². The Hall–Kier alpha value is -1.08. The molecule has 1 fully saturated rings. The minimum Gasteiger partial charge on any atom is -0.334 e. The first kappa shape index (κ1) is 14.8. The van der Waals surface area contributed by atoms with Crippen molar-refractivity contribution in [1.82, 2.24) is 20.4 Å². The van der Waals surface area contributed by atoms with Crippen molar-refractivity contribution in [3.8, 4) is 11.5 Å². The van der Waals surface area contributed by atoms with Gasteiger partial charge in [-0.25, -0.2) is 0 Å². The van der Waals surface area contributed by atoms with Crippen LogP contribution in [0.25, 0.3) is 11.5 Å². The highest BCUT2D eigenvalue weighted by Crippen LogP contribution is 2.31. The summed E-state index contributed by atoms with van der Waals surface area (Å²) < 4.78 is 5.42. The summed E-state index contributed by atoms with van der Waals surface area (Å²) in [5, 5.41) is 8.10. The fourth-order valence-corrected chi connectivity index (χ4v) is 3.01. The Balaban J connectivity index is 1.91. The van der Waals surface area contributed by atoms with Crippen LogP contribution in [0.5, 0.6) is 0 Å². The Morgan fingerprint density at radius 2 is 2.33 bits per heavy atom. The van der Waals surface area contributed by atoms with Crippen LogP contribution < -0.4 is 5.32 Å². The van der Waals surface area contributed by atoms with Gasteiger partial charge in [0.1, 0.15) is 0 Å². The molecule has 3 rings (SSSR count). The van der Waals surface area contributed by atoms with Gasteiger partial charge in [0.05, 0.1) is 16.6 Å². The van der Waals surface area contributed by atoms with Gasteiger partial charge in [-0.3, -0.25) is 4.90 Å². The predicted molar refractivity (Wildman–Crippen MR) is 84.8 cm³/mol. The molecule has 0 amide bonds. The summed E-state index contributed by atoms with van der Waals surface area (Å²) in [6.45, 7) is 2.78. The van der Waals surface area contributed by atoms with E-state index in [-0.39, 0.29) is 6.04 Å². The second-order valence-electron chi connectivity index (χ2n) is 5.00. The van der Waals surface area contributed by atoms with Crippen molar-refractivity contribution >= 4 is 23.4 Å². The van der Waals surface area contributed by atoms with Crippen LogP contribution in [0.15, 0.2) is 27.6 Å². The van der Waals surface area contributed by atoms with Crippen molar-refractivity contribution < 1.29 is 4.52 Å². The molecule has 1 aliphatic rings. The van der Waals surface area contributed by atoms with Gasteiger partial charge in [0, 0.05) is 24.5 Å². The van der Waals surface area contributed by atoms with Crippen molar-refractivity contribution in [1.29, 1.82) is 0 Å². The molecule has 2 aromatic rings. The molecular weight excluding hydrogens is 308 g/mol. The molecule has 1 N–H and O–H groups in total. The van der Waals surface area contributed by atoms with Gasteiger partial charge in [-0.15, -0.1) is 11.8 Å². The quantitative estimate of drug-likeness (QED) is 0.876. The second kappa shape index (κ2) is 6.36. The van der Waals surface area contributed by atoms with E-state index in [1.807, 2.05) is 24.5 Å². The Morgan fingerprint density at radius 3 is 3.10 bits per heavy atom. The molecule has 0 bridgehead atoms. The first-order valence-electron chi connectivity index (χ1n) is 6.77. The summed E-state index contributed by atoms with van der Waals surface area (Å²) in [6.07, 6.45) is 2.02. The third-order valence-corrected chi connectivity index (χ3v) is 4.71. The van der Waals surface area contributed by atoms with Gasteiger partial charge in [0.25, 0.3) is 5.89 Å². The van der Waals surface area contributed by atoms with Gasteiger partial charge in [0.2, 0.25) is 0 Å². The smallest absolute Gasteiger partial charge is 0.259 e. The van der Waals surface area contributed by atoms with Crippen molar-refractivity contribution in [3.05, 3.63) is 29.0 Å². The highest BCUT2D eigenvalue weighted by Gasteiger charge is 2.25. The lowest BCUT2D eigenvalue weighted by Crippen LogP contribution is -2.44. The number of hydrogen-bond acceptors (Lipinski definition) is 6. The SMILES string of the molecule is CSc1ccc(Cl)c(-c2nc(C3CNCCN3C)no2)c1. The lowest BCUT2D eigenvalue weighted by atomic mass is 10.2. The number of halogens is 1. The van der Waals surface area contributed by atoms with E-state index in [9.17, 15) is 0 Å². The molecule has 1 aromatic carbocycles. The minimum absolute atomic E-state index is 0.138. The van der Waals surface area contributed by atoms with Crippen LogP contribution in [0.1, 0.15) is 11.9 Å². The first-order valence-corrected chi connectivity index (χ1v) is 8.38. The topological polar surface area (TPSA) is 54.2 Å². The Labute approximate surface area is 133 Å². The van der Waals surface area contributed by atoms with E-state index >= 15 is 0 Å². The Morgan fingerprint density at radius 1 is 1.48 bits per heavy atom. The summed E-state index contributed by atoms with van der Waals surface area (Å²) >= 11 is 7.91. The Kier molecular flexibility index (Phi) is 4.49. The summed E-state index contributed by atoms with van der Waals surface area (Å²) in [5.41, 5.74) is 0.786. The van der Waals surface area contributed by atoms with Crippen molar-refractivity contribution in [2.45, 2.75) is 10.9 Å². The number of aromatic nitrogens is 2. The average molecular weight is 325 g/mol. The summed E-state index contributed by atoms with van der Waals surface area (Å²) in [4.78, 5) is 7.88. The maximum atomic E-state index is 6.25. The molecule has 21 heavy (non-hydrogen) atoms. The monoisotopic (exact) mass is 324 g/mol. The number of rotatable bonds is 3. The van der Waals surface area contributed by atoms with Gasteiger partial charge in [0.15, 0.2) is 5.82 Å². The lowest BCUT2D eigenvalue weighted by molar-refractivity contribution is 0.190. The molecule has 112 valence electrons. The molecule has 1 atom stereocenters. The van der Waals surface area contributed by atoms with Crippen LogP contribution in [0, 0.1) is 0 Å². The third-order valence-electron chi connectivity index (χ3n) is 3.65. The molecule has 0 radical (unpaired) electrons. The zero-order valence-corrected chi connectivity index (χ0v) is 13.5. The van der Waals surface area contributed by atoms with E-state index < -0.39 is 0 Å². The maximum absolute atomic E-state index is 6.25. The molecule has 5 nitrogen and oxygen atoms in total. The number of nitrogens with zero attached hydrogens (tertiary/aromatic N) is 3. The van der Waals surface area contributed by atoms with Crippen LogP contribution in [-0.2, 0) is 0 Å². The van der Waals surface area contributed by atoms with Crippen LogP contribution >= 0.6 is 23.4 Å². The largest absolute Gasteiger partial charge is 0.334 e. The van der Waals surface area contributed by atoms with Crippen LogP contribution in [0.2, 0.25) is 5.02 Å². The van der Waals surface area contributed by atoms with Gasteiger partial charge in [-0.05, 0) is 31.5 Å². The highest BCUT2D eigenvalue weighted by molar-refractivity contribution is 7.98. The van der Waals surface area contributed by atoms with Crippen molar-refractivity contribution in [3.63, 3.8) is 0 Å². The normalized spacial score (nSPS) is 19.9. The number of thioether (sulfide) groups is 1. The Bertz CT molecular complexity index is 633. The molecule has 1 unspecified atom stereocenters. The number of nitrogens with one attached hydrogen (secondary N) is 1. The summed E-state index contributed by atoms with van der Waals surface area (Å²) in [7, 11) is 2.07. The second-order valence-corrected chi connectivity index (χ2v) is 6.29. The van der Waals surface area contributed by atoms with E-state index in [0.717, 1.165) is 30.1 Å². The van der Waals surface area contributed by atoms with E-state index in [4.69, 9.17) is 16.1 Å². The zero-order chi connectivity index (χ0) is 14.8. The summed E-state index contributed by atoms with van der Waals surface area (Å²) in [5.74, 6) is 1.18. The molecule has 1 saturated heterocycles. The summed E-state index contributed by atoms with van der Waals surface area (Å²) in [6, 6.07) is 5.96. The maximum Gasteiger partial charge on any atom is 0.259 e. The molecular formula is C14H17ClN4OS. The number of hydrogen-bond donors (Lipinski definition) is 1. The van der Waals surface area contributed by atoms with E-state index in [1.54, 1.807) is 11.8 Å². The molecule has 1 aliphatic heterocycles. The van der Waals surface area contributed by atoms with Crippen LogP contribution in [0.4, 0.5) is 0 Å². The van der Waals surface area contributed by atoms with Gasteiger partial charge >= 0.3 is 0 Å². The zero-order valence-electron chi connectivity index (χ0n) is 12.0. The third kappa shape index (κ3) is 3.08. The lowest BCUT2D eigenvalue weighted by Gasteiger charge is -2.30. The highest BCUT2D eigenvalue weighted by atomic mass is 35.5. The molecule has 0 spiro atoms. The molecule has 2 heterocycles.